The van der Waals surface area contributed by atoms with Crippen molar-refractivity contribution in [3.63, 3.8) is 0 Å². The zero-order valence-corrected chi connectivity index (χ0v) is 6.34. The van der Waals surface area contributed by atoms with Crippen LogP contribution in [-0.4, -0.2) is 11.1 Å². The minimum absolute atomic E-state index is 0.0226. The summed E-state index contributed by atoms with van der Waals surface area (Å²) in [6, 6.07) is 0. The van der Waals surface area contributed by atoms with Gasteiger partial charge in [-0.15, -0.1) is 11.6 Å². The third-order valence-corrected chi connectivity index (χ3v) is 1.15. The van der Waals surface area contributed by atoms with Crippen molar-refractivity contribution in [2.75, 3.05) is 5.88 Å². The van der Waals surface area contributed by atoms with Gasteiger partial charge in [0.2, 0.25) is 0 Å². The Hall–Kier alpha value is -0.270. The van der Waals surface area contributed by atoms with Crippen LogP contribution in [0.1, 0.15) is 0 Å². The van der Waals surface area contributed by atoms with E-state index in [1.54, 1.807) is 6.08 Å². The van der Waals surface area contributed by atoms with E-state index in [0.29, 0.717) is 5.88 Å². The molecule has 0 aliphatic heterocycles. The first-order chi connectivity index (χ1) is 4.20. The zero-order chi connectivity index (χ0) is 7.28. The largest absolute Gasteiger partial charge is 0.289 e. The first-order valence-electron chi connectivity index (χ1n) is 2.33. The molecule has 0 bridgehead atoms. The molecule has 0 aliphatic carbocycles. The summed E-state index contributed by atoms with van der Waals surface area (Å²) in [5, 5.41) is 6.79. The summed E-state index contributed by atoms with van der Waals surface area (Å²) in [5.41, 5.74) is 0.761. The highest BCUT2D eigenvalue weighted by Crippen LogP contribution is 1.99. The molecule has 0 rings (SSSR count). The molecule has 0 heterocycles. The van der Waals surface area contributed by atoms with E-state index >= 15 is 0 Å². The lowest BCUT2D eigenvalue weighted by Crippen LogP contribution is -1.82. The highest BCUT2D eigenvalue weighted by Gasteiger charge is 1.88. The summed E-state index contributed by atoms with van der Waals surface area (Å²) >= 11 is 10.6. The zero-order valence-electron chi connectivity index (χ0n) is 4.82. The van der Waals surface area contributed by atoms with Crippen LogP contribution in [0, 0.1) is 5.41 Å². The molecule has 0 saturated heterocycles. The van der Waals surface area contributed by atoms with Crippen LogP contribution in [0.5, 0.6) is 0 Å². The number of alkyl halides is 1. The summed E-state index contributed by atoms with van der Waals surface area (Å²) in [7, 11) is 0. The van der Waals surface area contributed by atoms with Crippen LogP contribution in [0.3, 0.4) is 0 Å². The molecule has 0 spiro atoms. The van der Waals surface area contributed by atoms with Gasteiger partial charge in [0.05, 0.1) is 0 Å². The average Bonchev–Trinajstić information content (AvgIpc) is 1.82. The second-order valence-corrected chi connectivity index (χ2v) is 2.08. The third kappa shape index (κ3) is 4.25. The van der Waals surface area contributed by atoms with E-state index in [2.05, 4.69) is 6.58 Å². The van der Waals surface area contributed by atoms with Crippen molar-refractivity contribution in [2.45, 2.75) is 0 Å². The molecule has 0 aromatic rings. The van der Waals surface area contributed by atoms with Crippen molar-refractivity contribution >= 4 is 28.4 Å². The van der Waals surface area contributed by atoms with Crippen LogP contribution in [0.4, 0.5) is 0 Å². The van der Waals surface area contributed by atoms with Gasteiger partial charge in [0.25, 0.3) is 0 Å². The van der Waals surface area contributed by atoms with E-state index in [4.69, 9.17) is 28.6 Å². The molecule has 0 aromatic carbocycles. The molecule has 1 N–H and O–H groups in total. The molecular formula is C6H7Cl2N. The second kappa shape index (κ2) is 4.59. The Bertz CT molecular complexity index is 149. The van der Waals surface area contributed by atoms with Crippen LogP contribution in [0.25, 0.3) is 0 Å². The standard InChI is InChI=1S/C6H7Cl2N/c1-2-5(4-7)3-6(8)9/h2-3,9H,1,4H2/b5-3+,9-6?. The first-order valence-corrected chi connectivity index (χ1v) is 3.25. The number of hydrogen-bond acceptors (Lipinski definition) is 1. The Morgan fingerprint density at radius 3 is 2.33 bits per heavy atom. The van der Waals surface area contributed by atoms with Crippen LogP contribution in [0.2, 0.25) is 0 Å². The molecule has 0 aromatic heterocycles. The Morgan fingerprint density at radius 1 is 1.67 bits per heavy atom. The average molecular weight is 164 g/mol. The Morgan fingerprint density at radius 2 is 2.22 bits per heavy atom. The van der Waals surface area contributed by atoms with E-state index in [-0.39, 0.29) is 5.17 Å². The molecule has 50 valence electrons. The number of allylic oxidation sites excluding steroid dienone is 3. The molecule has 0 aliphatic rings. The topological polar surface area (TPSA) is 23.9 Å². The van der Waals surface area contributed by atoms with Crippen LogP contribution < -0.4 is 0 Å². The van der Waals surface area contributed by atoms with Crippen molar-refractivity contribution in [2.24, 2.45) is 0 Å². The van der Waals surface area contributed by atoms with Crippen molar-refractivity contribution in [1.29, 1.82) is 5.41 Å². The Balaban J connectivity index is 4.07. The summed E-state index contributed by atoms with van der Waals surface area (Å²) in [6.07, 6.45) is 3.03. The van der Waals surface area contributed by atoms with E-state index in [1.165, 1.54) is 6.08 Å². The van der Waals surface area contributed by atoms with Gasteiger partial charge in [0.1, 0.15) is 5.17 Å². The molecule has 0 atom stereocenters. The third-order valence-electron chi connectivity index (χ3n) is 0.729. The summed E-state index contributed by atoms with van der Waals surface area (Å²) in [6.45, 7) is 3.48. The van der Waals surface area contributed by atoms with Gasteiger partial charge in [0.15, 0.2) is 0 Å². The fourth-order valence-electron chi connectivity index (χ4n) is 0.315. The first kappa shape index (κ1) is 8.73. The molecule has 9 heavy (non-hydrogen) atoms. The van der Waals surface area contributed by atoms with Gasteiger partial charge in [0, 0.05) is 5.88 Å². The monoisotopic (exact) mass is 163 g/mol. The second-order valence-electron chi connectivity index (χ2n) is 1.40. The van der Waals surface area contributed by atoms with Gasteiger partial charge < -0.3 is 0 Å². The van der Waals surface area contributed by atoms with Crippen molar-refractivity contribution in [3.8, 4) is 0 Å². The minimum atomic E-state index is -0.0226. The molecule has 1 nitrogen and oxygen atoms in total. The fraction of sp³-hybridized carbons (Fsp3) is 0.167. The minimum Gasteiger partial charge on any atom is -0.289 e. The van der Waals surface area contributed by atoms with Gasteiger partial charge >= 0.3 is 0 Å². The van der Waals surface area contributed by atoms with Crippen molar-refractivity contribution in [1.82, 2.24) is 0 Å². The van der Waals surface area contributed by atoms with Gasteiger partial charge in [-0.1, -0.05) is 24.3 Å². The van der Waals surface area contributed by atoms with E-state index < -0.39 is 0 Å². The summed E-state index contributed by atoms with van der Waals surface area (Å²) < 4.78 is 0. The van der Waals surface area contributed by atoms with Gasteiger partial charge in [-0.05, 0) is 11.6 Å². The molecular weight excluding hydrogens is 157 g/mol. The van der Waals surface area contributed by atoms with Crippen LogP contribution in [-0.2, 0) is 0 Å². The van der Waals surface area contributed by atoms with Crippen molar-refractivity contribution < 1.29 is 0 Å². The van der Waals surface area contributed by atoms with Crippen molar-refractivity contribution in [3.05, 3.63) is 24.3 Å². The van der Waals surface area contributed by atoms with E-state index in [9.17, 15) is 0 Å². The lowest BCUT2D eigenvalue weighted by molar-refractivity contribution is 1.52. The molecule has 0 amide bonds. The molecule has 0 saturated carbocycles. The normalized spacial score (nSPS) is 11.1. The number of nitrogens with one attached hydrogen (secondary N) is 1. The lowest BCUT2D eigenvalue weighted by atomic mass is 10.3. The van der Waals surface area contributed by atoms with Gasteiger partial charge in [-0.2, -0.15) is 0 Å². The van der Waals surface area contributed by atoms with E-state index in [0.717, 1.165) is 5.57 Å². The lowest BCUT2D eigenvalue weighted by Gasteiger charge is -1.89. The highest BCUT2D eigenvalue weighted by molar-refractivity contribution is 6.67. The Kier molecular flexibility index (Phi) is 4.46. The van der Waals surface area contributed by atoms with Gasteiger partial charge in [-0.3, -0.25) is 5.41 Å². The molecule has 3 heteroatoms. The predicted octanol–water partition coefficient (Wildman–Crippen LogP) is 2.55. The Labute approximate surface area is 64.5 Å². The quantitative estimate of drug-likeness (QED) is 0.376. The maximum Gasteiger partial charge on any atom is 0.121 e. The smallest absolute Gasteiger partial charge is 0.121 e. The SMILES string of the molecule is C=C/C(=C\C(=N)Cl)CCl. The molecule has 0 radical (unpaired) electrons. The number of halogens is 2. The molecule has 0 unspecified atom stereocenters. The highest BCUT2D eigenvalue weighted by atomic mass is 35.5. The fourth-order valence-corrected chi connectivity index (χ4v) is 0.641. The number of rotatable bonds is 3. The predicted molar refractivity (Wildman–Crippen MR) is 42.6 cm³/mol. The molecule has 0 fully saturated rings. The summed E-state index contributed by atoms with van der Waals surface area (Å²) in [5.74, 6) is 0.346. The number of hydrogen-bond donors (Lipinski definition) is 1. The van der Waals surface area contributed by atoms with Crippen LogP contribution >= 0.6 is 23.2 Å². The maximum atomic E-state index is 6.81. The maximum absolute atomic E-state index is 6.81. The van der Waals surface area contributed by atoms with Gasteiger partial charge in [-0.25, -0.2) is 0 Å². The summed E-state index contributed by atoms with van der Waals surface area (Å²) in [4.78, 5) is 0. The van der Waals surface area contributed by atoms with E-state index in [1.807, 2.05) is 0 Å². The van der Waals surface area contributed by atoms with Crippen LogP contribution in [0.15, 0.2) is 24.3 Å².